The lowest BCUT2D eigenvalue weighted by Crippen LogP contribution is -2.55. The van der Waals surface area contributed by atoms with E-state index in [1.807, 2.05) is 83.3 Å². The average Bonchev–Trinajstić information content (AvgIpc) is 3.41. The van der Waals surface area contributed by atoms with Gasteiger partial charge in [0.15, 0.2) is 11.5 Å². The van der Waals surface area contributed by atoms with Crippen molar-refractivity contribution in [2.75, 3.05) is 29.9 Å². The minimum absolute atomic E-state index is 0.0299. The zero-order valence-electron chi connectivity index (χ0n) is 24.3. The number of aromatic nitrogens is 6. The van der Waals surface area contributed by atoms with Crippen molar-refractivity contribution in [3.8, 4) is 11.5 Å². The highest BCUT2D eigenvalue weighted by Gasteiger charge is 2.31. The molecule has 0 spiro atoms. The van der Waals surface area contributed by atoms with Crippen LogP contribution in [-0.4, -0.2) is 71.8 Å². The van der Waals surface area contributed by atoms with Crippen molar-refractivity contribution in [3.63, 3.8) is 0 Å². The molecule has 6 rings (SSSR count). The van der Waals surface area contributed by atoms with Crippen LogP contribution < -0.4 is 15.0 Å². The molecule has 1 amide bonds. The molecule has 0 unspecified atom stereocenters. The van der Waals surface area contributed by atoms with Crippen LogP contribution in [0.15, 0.2) is 61.3 Å². The average molecular weight is 568 g/mol. The molecule has 1 aliphatic rings. The van der Waals surface area contributed by atoms with Gasteiger partial charge in [-0.15, -0.1) is 0 Å². The fraction of sp³-hybridized carbons (Fsp3) is 0.333. The van der Waals surface area contributed by atoms with Crippen molar-refractivity contribution in [3.05, 3.63) is 66.9 Å². The highest BCUT2D eigenvalue weighted by molar-refractivity contribution is 5.88. The van der Waals surface area contributed by atoms with E-state index in [-0.39, 0.29) is 12.1 Å². The molecule has 0 radical (unpaired) electrons. The third-order valence-electron chi connectivity index (χ3n) is 6.96. The third-order valence-corrected chi connectivity index (χ3v) is 6.96. The van der Waals surface area contributed by atoms with Gasteiger partial charge in [-0.1, -0.05) is 0 Å². The maximum absolute atomic E-state index is 12.7. The SMILES string of the molecule is Cc1cc(Nc2ncnc3ccc(N4CCN(C(=O)OC(C)(C)C)[C@H](C)C4)nc23)ccc1Oc1ccn2ncnc2c1. The number of amides is 1. The van der Waals surface area contributed by atoms with E-state index >= 15 is 0 Å². The van der Waals surface area contributed by atoms with Gasteiger partial charge in [0, 0.05) is 43.6 Å². The minimum atomic E-state index is -0.531. The van der Waals surface area contributed by atoms with Gasteiger partial charge in [0.05, 0.1) is 5.52 Å². The molecule has 12 nitrogen and oxygen atoms in total. The van der Waals surface area contributed by atoms with Crippen molar-refractivity contribution in [1.82, 2.24) is 34.4 Å². The second-order valence-electron chi connectivity index (χ2n) is 11.4. The first-order valence-corrected chi connectivity index (χ1v) is 13.8. The van der Waals surface area contributed by atoms with Gasteiger partial charge in [0.25, 0.3) is 0 Å². The van der Waals surface area contributed by atoms with Gasteiger partial charge in [-0.3, -0.25) is 0 Å². The molecular formula is C30H33N9O3. The number of carbonyl (C=O) groups excluding carboxylic acids is 1. The van der Waals surface area contributed by atoms with Crippen LogP contribution >= 0.6 is 0 Å². The fourth-order valence-corrected chi connectivity index (χ4v) is 4.92. The van der Waals surface area contributed by atoms with Crippen LogP contribution in [0.1, 0.15) is 33.3 Å². The number of hydrogen-bond donors (Lipinski definition) is 1. The molecule has 1 saturated heterocycles. The normalized spacial score (nSPS) is 15.7. The first-order chi connectivity index (χ1) is 20.1. The van der Waals surface area contributed by atoms with E-state index in [1.54, 1.807) is 9.42 Å². The number of pyridine rings is 2. The van der Waals surface area contributed by atoms with E-state index < -0.39 is 5.60 Å². The Balaban J connectivity index is 1.18. The molecule has 5 heterocycles. The van der Waals surface area contributed by atoms with Gasteiger partial charge >= 0.3 is 6.09 Å². The van der Waals surface area contributed by atoms with Crippen LogP contribution in [0.3, 0.4) is 0 Å². The van der Waals surface area contributed by atoms with E-state index in [1.165, 1.54) is 12.7 Å². The number of carbonyl (C=O) groups is 1. The summed E-state index contributed by atoms with van der Waals surface area (Å²) >= 11 is 0. The number of nitrogens with one attached hydrogen (secondary N) is 1. The molecule has 4 aromatic heterocycles. The first-order valence-electron chi connectivity index (χ1n) is 13.8. The molecule has 42 heavy (non-hydrogen) atoms. The molecule has 12 heteroatoms. The predicted molar refractivity (Wildman–Crippen MR) is 159 cm³/mol. The highest BCUT2D eigenvalue weighted by atomic mass is 16.6. The fourth-order valence-electron chi connectivity index (χ4n) is 4.92. The minimum Gasteiger partial charge on any atom is -0.457 e. The maximum atomic E-state index is 12.7. The molecule has 0 aliphatic carbocycles. The number of ether oxygens (including phenoxy) is 2. The smallest absolute Gasteiger partial charge is 0.410 e. The van der Waals surface area contributed by atoms with E-state index in [4.69, 9.17) is 14.5 Å². The summed E-state index contributed by atoms with van der Waals surface area (Å²) in [6, 6.07) is 13.4. The number of anilines is 3. The van der Waals surface area contributed by atoms with Gasteiger partial charge in [-0.2, -0.15) is 5.10 Å². The van der Waals surface area contributed by atoms with Crippen molar-refractivity contribution in [2.45, 2.75) is 46.3 Å². The molecule has 216 valence electrons. The Morgan fingerprint density at radius 3 is 2.67 bits per heavy atom. The Morgan fingerprint density at radius 1 is 1.02 bits per heavy atom. The van der Waals surface area contributed by atoms with Crippen LogP contribution in [0.25, 0.3) is 16.7 Å². The van der Waals surface area contributed by atoms with Gasteiger partial charge in [-0.05, 0) is 76.6 Å². The summed E-state index contributed by atoms with van der Waals surface area (Å²) in [5.74, 6) is 2.82. The molecule has 1 atom stereocenters. The second-order valence-corrected chi connectivity index (χ2v) is 11.4. The summed E-state index contributed by atoms with van der Waals surface area (Å²) in [5, 5.41) is 7.52. The van der Waals surface area contributed by atoms with Gasteiger partial charge in [-0.25, -0.2) is 29.2 Å². The topological polar surface area (TPSA) is 123 Å². The quantitative estimate of drug-likeness (QED) is 0.297. The second kappa shape index (κ2) is 10.8. The molecule has 5 aromatic rings. The Bertz CT molecular complexity index is 1760. The number of nitrogens with zero attached hydrogens (tertiary/aromatic N) is 8. The van der Waals surface area contributed by atoms with Crippen LogP contribution in [0.4, 0.5) is 22.1 Å². The molecule has 1 aliphatic heterocycles. The van der Waals surface area contributed by atoms with Crippen molar-refractivity contribution in [1.29, 1.82) is 0 Å². The first kappa shape index (κ1) is 27.2. The van der Waals surface area contributed by atoms with Crippen LogP contribution in [0, 0.1) is 6.92 Å². The molecule has 1 fully saturated rings. The van der Waals surface area contributed by atoms with Crippen LogP contribution in [0.5, 0.6) is 11.5 Å². The lowest BCUT2D eigenvalue weighted by atomic mass is 10.2. The molecule has 1 N–H and O–H groups in total. The number of piperazine rings is 1. The van der Waals surface area contributed by atoms with E-state index in [9.17, 15) is 4.79 Å². The van der Waals surface area contributed by atoms with Crippen molar-refractivity contribution < 1.29 is 14.3 Å². The zero-order valence-corrected chi connectivity index (χ0v) is 24.3. The number of hydrogen-bond acceptors (Lipinski definition) is 10. The Kier molecular flexibility index (Phi) is 6.97. The molecular weight excluding hydrogens is 534 g/mol. The molecule has 1 aromatic carbocycles. The lowest BCUT2D eigenvalue weighted by molar-refractivity contribution is 0.0158. The number of aryl methyl sites for hydroxylation is 1. The van der Waals surface area contributed by atoms with Crippen LogP contribution in [0.2, 0.25) is 0 Å². The highest BCUT2D eigenvalue weighted by Crippen LogP contribution is 2.30. The number of benzene rings is 1. The van der Waals surface area contributed by atoms with Gasteiger partial charge in [0.1, 0.15) is 41.1 Å². The monoisotopic (exact) mass is 567 g/mol. The van der Waals surface area contributed by atoms with Crippen LogP contribution in [-0.2, 0) is 4.74 Å². The molecule has 0 bridgehead atoms. The van der Waals surface area contributed by atoms with Crippen molar-refractivity contribution >= 4 is 40.1 Å². The predicted octanol–water partition coefficient (Wildman–Crippen LogP) is 5.36. The summed E-state index contributed by atoms with van der Waals surface area (Å²) in [4.78, 5) is 34.7. The molecule has 0 saturated carbocycles. The summed E-state index contributed by atoms with van der Waals surface area (Å²) in [6.45, 7) is 11.5. The van der Waals surface area contributed by atoms with Gasteiger partial charge in [0.2, 0.25) is 0 Å². The zero-order chi connectivity index (χ0) is 29.4. The lowest BCUT2D eigenvalue weighted by Gasteiger charge is -2.40. The Hall–Kier alpha value is -5.00. The standard InChI is InChI=1S/C30H33N9O3/c1-19-14-21(6-8-24(19)41-22-10-11-39-26(15-22)32-18-34-39)35-28-27-23(31-17-33-28)7-9-25(36-27)37-12-13-38(20(2)16-37)29(40)42-30(3,4)5/h6-11,14-15,17-18,20H,12-13,16H2,1-5H3,(H,31,33,35)/t20-/m1/s1. The van der Waals surface area contributed by atoms with Gasteiger partial charge < -0.3 is 24.6 Å². The number of fused-ring (bicyclic) bond motifs is 2. The number of rotatable bonds is 5. The van der Waals surface area contributed by atoms with E-state index in [0.717, 1.165) is 28.3 Å². The Labute approximate surface area is 243 Å². The summed E-state index contributed by atoms with van der Waals surface area (Å²) < 4.78 is 13.4. The summed E-state index contributed by atoms with van der Waals surface area (Å²) in [7, 11) is 0. The van der Waals surface area contributed by atoms with E-state index in [0.29, 0.717) is 42.4 Å². The van der Waals surface area contributed by atoms with E-state index in [2.05, 4.69) is 30.3 Å². The summed E-state index contributed by atoms with van der Waals surface area (Å²) in [6.07, 6.45) is 4.56. The maximum Gasteiger partial charge on any atom is 0.410 e. The van der Waals surface area contributed by atoms with Crippen molar-refractivity contribution in [2.24, 2.45) is 0 Å². The third kappa shape index (κ3) is 5.73. The summed E-state index contributed by atoms with van der Waals surface area (Å²) in [5.41, 5.74) is 3.38. The Morgan fingerprint density at radius 2 is 1.88 bits per heavy atom. The largest absolute Gasteiger partial charge is 0.457 e.